The SMILES string of the molecule is CC(C)=O.CCCO.CCO. The number of carbonyl (C=O) groups is 1. The summed E-state index contributed by atoms with van der Waals surface area (Å²) in [5.41, 5.74) is 0. The monoisotopic (exact) mass is 164 g/mol. The molecule has 0 saturated heterocycles. The van der Waals surface area contributed by atoms with Gasteiger partial charge in [0.1, 0.15) is 5.78 Å². The number of Topliss-reactive ketones (excluding diaryl/α,β-unsaturated/α-hetero) is 1. The number of hydrogen-bond acceptors (Lipinski definition) is 3. The second kappa shape index (κ2) is 22.6. The van der Waals surface area contributed by atoms with E-state index < -0.39 is 0 Å². The van der Waals surface area contributed by atoms with Crippen molar-refractivity contribution in [3.05, 3.63) is 0 Å². The summed E-state index contributed by atoms with van der Waals surface area (Å²) in [6.07, 6.45) is 0.875. The van der Waals surface area contributed by atoms with Crippen LogP contribution in [0.2, 0.25) is 0 Å². The molecular weight excluding hydrogens is 144 g/mol. The van der Waals surface area contributed by atoms with Gasteiger partial charge in [-0.15, -0.1) is 0 Å². The van der Waals surface area contributed by atoms with Crippen LogP contribution >= 0.6 is 0 Å². The van der Waals surface area contributed by atoms with E-state index in [1.165, 1.54) is 13.8 Å². The molecule has 0 amide bonds. The van der Waals surface area contributed by atoms with Gasteiger partial charge < -0.3 is 15.0 Å². The summed E-state index contributed by atoms with van der Waals surface area (Å²) in [7, 11) is 0. The van der Waals surface area contributed by atoms with E-state index in [0.717, 1.165) is 6.42 Å². The minimum atomic E-state index is 0.167. The van der Waals surface area contributed by atoms with E-state index in [2.05, 4.69) is 0 Å². The quantitative estimate of drug-likeness (QED) is 0.607. The Morgan fingerprint density at radius 3 is 1.27 bits per heavy atom. The lowest BCUT2D eigenvalue weighted by molar-refractivity contribution is -0.114. The highest BCUT2D eigenvalue weighted by Crippen LogP contribution is 1.61. The third-order valence-electron chi connectivity index (χ3n) is 0.224. The minimum absolute atomic E-state index is 0.167. The van der Waals surface area contributed by atoms with Gasteiger partial charge >= 0.3 is 0 Å². The maximum Gasteiger partial charge on any atom is 0.126 e. The number of carbonyl (C=O) groups excluding carboxylic acids is 1. The lowest BCUT2D eigenvalue weighted by Gasteiger charge is -1.69. The van der Waals surface area contributed by atoms with Crippen molar-refractivity contribution in [3.8, 4) is 0 Å². The minimum Gasteiger partial charge on any atom is -0.397 e. The third kappa shape index (κ3) is 1590. The number of aliphatic hydroxyl groups is 2. The molecule has 0 unspecified atom stereocenters. The molecule has 0 spiro atoms. The van der Waals surface area contributed by atoms with Gasteiger partial charge in [-0.2, -0.15) is 0 Å². The fourth-order valence-electron chi connectivity index (χ4n) is 0. The van der Waals surface area contributed by atoms with E-state index >= 15 is 0 Å². The first-order valence-electron chi connectivity index (χ1n) is 3.75. The molecule has 0 heterocycles. The lowest BCUT2D eigenvalue weighted by Crippen LogP contribution is -1.69. The smallest absolute Gasteiger partial charge is 0.126 e. The summed E-state index contributed by atoms with van der Waals surface area (Å²) in [6.45, 7) is 7.24. The molecule has 0 radical (unpaired) electrons. The largest absolute Gasteiger partial charge is 0.397 e. The molecule has 3 heteroatoms. The first-order valence-corrected chi connectivity index (χ1v) is 3.75. The van der Waals surface area contributed by atoms with Gasteiger partial charge in [-0.25, -0.2) is 0 Å². The molecule has 3 nitrogen and oxygen atoms in total. The Kier molecular flexibility index (Phi) is 34.8. The van der Waals surface area contributed by atoms with Crippen molar-refractivity contribution < 1.29 is 15.0 Å². The second-order valence-corrected chi connectivity index (χ2v) is 1.95. The van der Waals surface area contributed by atoms with Crippen LogP contribution in [0, 0.1) is 0 Å². The molecule has 11 heavy (non-hydrogen) atoms. The zero-order valence-electron chi connectivity index (χ0n) is 7.92. The van der Waals surface area contributed by atoms with E-state index in [0.29, 0.717) is 6.61 Å². The van der Waals surface area contributed by atoms with Crippen molar-refractivity contribution in [3.63, 3.8) is 0 Å². The first kappa shape index (κ1) is 16.9. The van der Waals surface area contributed by atoms with Crippen LogP contribution in [0.5, 0.6) is 0 Å². The van der Waals surface area contributed by atoms with Crippen molar-refractivity contribution in [1.82, 2.24) is 0 Å². The van der Waals surface area contributed by atoms with E-state index in [4.69, 9.17) is 10.2 Å². The molecule has 2 N–H and O–H groups in total. The Labute approximate surface area is 69.1 Å². The van der Waals surface area contributed by atoms with Crippen molar-refractivity contribution in [2.24, 2.45) is 0 Å². The second-order valence-electron chi connectivity index (χ2n) is 1.95. The van der Waals surface area contributed by atoms with Crippen molar-refractivity contribution in [2.75, 3.05) is 13.2 Å². The van der Waals surface area contributed by atoms with E-state index in [9.17, 15) is 4.79 Å². The molecule has 0 atom stereocenters. The molecule has 0 aliphatic heterocycles. The highest BCUT2D eigenvalue weighted by atomic mass is 16.3. The maximum absolute atomic E-state index is 9.44. The fourth-order valence-corrected chi connectivity index (χ4v) is 0. The summed E-state index contributed by atoms with van der Waals surface area (Å²) in [5.74, 6) is 0.167. The molecule has 0 bridgehead atoms. The number of aliphatic hydroxyl groups excluding tert-OH is 2. The fraction of sp³-hybridized carbons (Fsp3) is 0.875. The molecule has 0 aliphatic carbocycles. The van der Waals surface area contributed by atoms with Gasteiger partial charge in [0, 0.05) is 13.2 Å². The Morgan fingerprint density at radius 1 is 1.18 bits per heavy atom. The molecule has 0 aromatic rings. The highest BCUT2D eigenvalue weighted by molar-refractivity contribution is 5.72. The lowest BCUT2D eigenvalue weighted by atomic mass is 10.5. The van der Waals surface area contributed by atoms with Crippen LogP contribution < -0.4 is 0 Å². The summed E-state index contributed by atoms with van der Waals surface area (Å²) in [5, 5.41) is 15.4. The average molecular weight is 164 g/mol. The summed E-state index contributed by atoms with van der Waals surface area (Å²) >= 11 is 0. The number of rotatable bonds is 1. The molecule has 0 rings (SSSR count). The van der Waals surface area contributed by atoms with Crippen LogP contribution in [0.1, 0.15) is 34.1 Å². The summed E-state index contributed by atoms with van der Waals surface area (Å²) in [6, 6.07) is 0. The molecule has 0 saturated carbocycles. The van der Waals surface area contributed by atoms with Crippen LogP contribution in [0.3, 0.4) is 0 Å². The zero-order valence-corrected chi connectivity index (χ0v) is 7.92. The molecule has 0 aromatic carbocycles. The maximum atomic E-state index is 9.44. The molecule has 0 aliphatic rings. The summed E-state index contributed by atoms with van der Waals surface area (Å²) < 4.78 is 0. The van der Waals surface area contributed by atoms with Crippen LogP contribution in [-0.2, 0) is 4.79 Å². The van der Waals surface area contributed by atoms with Gasteiger partial charge in [0.25, 0.3) is 0 Å². The Balaban J connectivity index is -0.0000000886. The van der Waals surface area contributed by atoms with Crippen LogP contribution in [-0.4, -0.2) is 29.2 Å². The number of hydrogen-bond donors (Lipinski definition) is 2. The van der Waals surface area contributed by atoms with E-state index in [1.54, 1.807) is 6.92 Å². The molecular formula is C8H20O3. The first-order chi connectivity index (χ1) is 5.06. The van der Waals surface area contributed by atoms with Crippen molar-refractivity contribution in [2.45, 2.75) is 34.1 Å². The Morgan fingerprint density at radius 2 is 1.27 bits per heavy atom. The van der Waals surface area contributed by atoms with Crippen molar-refractivity contribution >= 4 is 5.78 Å². The highest BCUT2D eigenvalue weighted by Gasteiger charge is 1.62. The van der Waals surface area contributed by atoms with Crippen molar-refractivity contribution in [1.29, 1.82) is 0 Å². The van der Waals surface area contributed by atoms with E-state index in [-0.39, 0.29) is 12.4 Å². The van der Waals surface area contributed by atoms with Gasteiger partial charge in [0.15, 0.2) is 0 Å². The van der Waals surface area contributed by atoms with Gasteiger partial charge in [0.05, 0.1) is 0 Å². The van der Waals surface area contributed by atoms with Crippen LogP contribution in [0.25, 0.3) is 0 Å². The van der Waals surface area contributed by atoms with Crippen LogP contribution in [0.15, 0.2) is 0 Å². The molecule has 70 valence electrons. The predicted molar refractivity (Wildman–Crippen MR) is 46.5 cm³/mol. The topological polar surface area (TPSA) is 57.5 Å². The standard InChI is InChI=1S/C3H6O.C3H8O.C2H6O/c1-3(2)4;1-2-3-4;1-2-3/h1-2H3;4H,2-3H2,1H3;3H,2H2,1H3. The van der Waals surface area contributed by atoms with E-state index in [1.807, 2.05) is 6.92 Å². The third-order valence-corrected chi connectivity index (χ3v) is 0.224. The normalized spacial score (nSPS) is 6.73. The average Bonchev–Trinajstić information content (AvgIpc) is 1.88. The van der Waals surface area contributed by atoms with Gasteiger partial charge in [0.2, 0.25) is 0 Å². The Bertz CT molecular complexity index is 56.4. The van der Waals surface area contributed by atoms with Crippen LogP contribution in [0.4, 0.5) is 0 Å². The van der Waals surface area contributed by atoms with Gasteiger partial charge in [-0.05, 0) is 27.2 Å². The molecule has 0 fully saturated rings. The number of ketones is 1. The Hall–Kier alpha value is -0.410. The summed E-state index contributed by atoms with van der Waals surface area (Å²) in [4.78, 5) is 9.44. The van der Waals surface area contributed by atoms with Gasteiger partial charge in [-0.1, -0.05) is 6.92 Å². The predicted octanol–water partition coefficient (Wildman–Crippen LogP) is 0.983. The molecule has 0 aromatic heterocycles. The van der Waals surface area contributed by atoms with Gasteiger partial charge in [-0.3, -0.25) is 0 Å². The zero-order chi connectivity index (χ0) is 9.70.